The first kappa shape index (κ1) is 8.30. The minimum atomic E-state index is -0.0932. The highest BCUT2D eigenvalue weighted by Crippen LogP contribution is 2.00. The molecule has 0 saturated carbocycles. The van der Waals surface area contributed by atoms with Crippen LogP contribution in [0, 0.1) is 0 Å². The van der Waals surface area contributed by atoms with Gasteiger partial charge >= 0.3 is 0 Å². The van der Waals surface area contributed by atoms with Crippen LogP contribution in [0.15, 0.2) is 11.5 Å². The summed E-state index contributed by atoms with van der Waals surface area (Å²) in [5.41, 5.74) is 0.583. The van der Waals surface area contributed by atoms with Crippen LogP contribution in [-0.4, -0.2) is 35.8 Å². The molecule has 9 heavy (non-hydrogen) atoms. The summed E-state index contributed by atoms with van der Waals surface area (Å²) >= 11 is 0. The number of aliphatic hydroxyl groups is 2. The topological polar surface area (TPSA) is 43.7 Å². The number of hydrogen-bond donors (Lipinski definition) is 2. The highest BCUT2D eigenvalue weighted by Gasteiger charge is 1.98. The van der Waals surface area contributed by atoms with Gasteiger partial charge < -0.3 is 15.1 Å². The fourth-order valence-corrected chi connectivity index (χ4v) is 0.452. The molecule has 3 heteroatoms. The molecule has 0 aromatic carbocycles. The van der Waals surface area contributed by atoms with E-state index in [-0.39, 0.29) is 12.5 Å². The lowest BCUT2D eigenvalue weighted by Crippen LogP contribution is -2.13. The molecule has 0 bridgehead atoms. The Kier molecular flexibility index (Phi) is 3.09. The van der Waals surface area contributed by atoms with E-state index in [1.807, 2.05) is 0 Å². The van der Waals surface area contributed by atoms with E-state index in [1.54, 1.807) is 25.9 Å². The molecular formula is C6H13NO2. The molecule has 0 aliphatic heterocycles. The molecule has 0 aliphatic rings. The monoisotopic (exact) mass is 131 g/mol. The van der Waals surface area contributed by atoms with Crippen molar-refractivity contribution in [3.8, 4) is 0 Å². The van der Waals surface area contributed by atoms with Crippen molar-refractivity contribution in [2.75, 3.05) is 20.7 Å². The van der Waals surface area contributed by atoms with Crippen molar-refractivity contribution in [3.05, 3.63) is 11.5 Å². The first-order valence-electron chi connectivity index (χ1n) is 2.76. The Hall–Kier alpha value is -0.700. The lowest BCUT2D eigenvalue weighted by Gasteiger charge is -2.12. The molecule has 0 atom stereocenters. The maximum atomic E-state index is 9.04. The number of rotatable bonds is 2. The lowest BCUT2D eigenvalue weighted by atomic mass is 10.3. The van der Waals surface area contributed by atoms with Crippen LogP contribution in [-0.2, 0) is 0 Å². The van der Waals surface area contributed by atoms with Crippen LogP contribution in [0.3, 0.4) is 0 Å². The van der Waals surface area contributed by atoms with Crippen LogP contribution >= 0.6 is 0 Å². The van der Waals surface area contributed by atoms with Gasteiger partial charge in [0.2, 0.25) is 0 Å². The second-order valence-electron chi connectivity index (χ2n) is 2.16. The van der Waals surface area contributed by atoms with E-state index >= 15 is 0 Å². The van der Waals surface area contributed by atoms with Crippen molar-refractivity contribution >= 4 is 0 Å². The normalized spacial score (nSPS) is 12.9. The minimum absolute atomic E-state index is 0.0932. The van der Waals surface area contributed by atoms with E-state index in [2.05, 4.69) is 0 Å². The smallest absolute Gasteiger partial charge is 0.187 e. The molecule has 0 radical (unpaired) electrons. The van der Waals surface area contributed by atoms with E-state index < -0.39 is 0 Å². The molecule has 2 N–H and O–H groups in total. The van der Waals surface area contributed by atoms with Crippen molar-refractivity contribution in [3.63, 3.8) is 0 Å². The molecule has 0 amide bonds. The molecule has 54 valence electrons. The fraction of sp³-hybridized carbons (Fsp3) is 0.667. The quantitative estimate of drug-likeness (QED) is 0.531. The molecule has 0 aromatic rings. The SMILES string of the molecule is C/C(CO)=C(/O)N(C)C. The molecular weight excluding hydrogens is 118 g/mol. The third-order valence-corrected chi connectivity index (χ3v) is 1.04. The zero-order valence-electron chi connectivity index (χ0n) is 6.05. The summed E-state index contributed by atoms with van der Waals surface area (Å²) in [5, 5.41) is 17.6. The van der Waals surface area contributed by atoms with Gasteiger partial charge in [-0.25, -0.2) is 0 Å². The van der Waals surface area contributed by atoms with Gasteiger partial charge in [0, 0.05) is 19.7 Å². The predicted molar refractivity (Wildman–Crippen MR) is 36.1 cm³/mol. The average Bonchev–Trinajstić information content (AvgIpc) is 1.84. The van der Waals surface area contributed by atoms with E-state index in [1.165, 1.54) is 0 Å². The van der Waals surface area contributed by atoms with Gasteiger partial charge in [-0.05, 0) is 6.92 Å². The first-order chi connectivity index (χ1) is 4.09. The fourth-order valence-electron chi connectivity index (χ4n) is 0.452. The molecule has 0 spiro atoms. The summed E-state index contributed by atoms with van der Waals surface area (Å²) in [6.45, 7) is 1.58. The third-order valence-electron chi connectivity index (χ3n) is 1.04. The zero-order valence-corrected chi connectivity index (χ0v) is 6.05. The molecule has 0 fully saturated rings. The standard InChI is InChI=1S/C6H13NO2/c1-5(4-8)6(9)7(2)3/h8-9H,4H2,1-3H3/b6-5-. The molecule has 0 heterocycles. The second-order valence-corrected chi connectivity index (χ2v) is 2.16. The van der Waals surface area contributed by atoms with Crippen LogP contribution < -0.4 is 0 Å². The first-order valence-corrected chi connectivity index (χ1v) is 2.76. The predicted octanol–water partition coefficient (Wildman–Crippen LogP) is 0.330. The number of hydrogen-bond acceptors (Lipinski definition) is 3. The van der Waals surface area contributed by atoms with Crippen LogP contribution in [0.1, 0.15) is 6.92 Å². The zero-order chi connectivity index (χ0) is 7.44. The van der Waals surface area contributed by atoms with Gasteiger partial charge in [0.1, 0.15) is 0 Å². The number of aliphatic hydroxyl groups excluding tert-OH is 2. The molecule has 0 saturated heterocycles. The Labute approximate surface area is 55.2 Å². The summed E-state index contributed by atoms with van der Waals surface area (Å²) in [6.07, 6.45) is 0. The summed E-state index contributed by atoms with van der Waals surface area (Å²) in [6, 6.07) is 0. The second kappa shape index (κ2) is 3.35. The summed E-state index contributed by atoms with van der Waals surface area (Å²) in [5.74, 6) is 0.137. The van der Waals surface area contributed by atoms with E-state index in [0.717, 1.165) is 0 Å². The molecule has 0 aromatic heterocycles. The molecule has 3 nitrogen and oxygen atoms in total. The van der Waals surface area contributed by atoms with Crippen molar-refractivity contribution < 1.29 is 10.2 Å². The van der Waals surface area contributed by atoms with Gasteiger partial charge in [-0.3, -0.25) is 0 Å². The summed E-state index contributed by atoms with van der Waals surface area (Å²) in [7, 11) is 3.43. The van der Waals surface area contributed by atoms with Crippen LogP contribution in [0.4, 0.5) is 0 Å². The van der Waals surface area contributed by atoms with E-state index in [9.17, 15) is 0 Å². The Bertz CT molecular complexity index is 118. The van der Waals surface area contributed by atoms with E-state index in [0.29, 0.717) is 5.57 Å². The Balaban J connectivity index is 4.10. The van der Waals surface area contributed by atoms with Gasteiger partial charge in [-0.2, -0.15) is 0 Å². The maximum Gasteiger partial charge on any atom is 0.187 e. The Morgan fingerprint density at radius 3 is 2.00 bits per heavy atom. The van der Waals surface area contributed by atoms with Crippen molar-refractivity contribution in [1.82, 2.24) is 4.90 Å². The van der Waals surface area contributed by atoms with Gasteiger partial charge in [0.25, 0.3) is 0 Å². The van der Waals surface area contributed by atoms with Gasteiger partial charge in [-0.1, -0.05) is 0 Å². The minimum Gasteiger partial charge on any atom is -0.495 e. The average molecular weight is 131 g/mol. The van der Waals surface area contributed by atoms with Crippen LogP contribution in [0.25, 0.3) is 0 Å². The maximum absolute atomic E-state index is 9.04. The summed E-state index contributed by atoms with van der Waals surface area (Å²) < 4.78 is 0. The molecule has 0 aliphatic carbocycles. The highest BCUT2D eigenvalue weighted by molar-refractivity contribution is 5.02. The highest BCUT2D eigenvalue weighted by atomic mass is 16.3. The Morgan fingerprint density at radius 2 is 1.89 bits per heavy atom. The summed E-state index contributed by atoms with van der Waals surface area (Å²) in [4.78, 5) is 1.55. The Morgan fingerprint density at radius 1 is 1.44 bits per heavy atom. The van der Waals surface area contributed by atoms with Crippen LogP contribution in [0.5, 0.6) is 0 Å². The van der Waals surface area contributed by atoms with Gasteiger partial charge in [0.15, 0.2) is 5.88 Å². The third kappa shape index (κ3) is 2.37. The number of nitrogens with zero attached hydrogens (tertiary/aromatic N) is 1. The molecule has 0 unspecified atom stereocenters. The van der Waals surface area contributed by atoms with E-state index in [4.69, 9.17) is 10.2 Å². The van der Waals surface area contributed by atoms with Crippen molar-refractivity contribution in [1.29, 1.82) is 0 Å². The van der Waals surface area contributed by atoms with Gasteiger partial charge in [0.05, 0.1) is 6.61 Å². The largest absolute Gasteiger partial charge is 0.495 e. The van der Waals surface area contributed by atoms with Gasteiger partial charge in [-0.15, -0.1) is 0 Å². The molecule has 0 rings (SSSR count). The van der Waals surface area contributed by atoms with Crippen LogP contribution in [0.2, 0.25) is 0 Å². The van der Waals surface area contributed by atoms with Crippen molar-refractivity contribution in [2.45, 2.75) is 6.92 Å². The van der Waals surface area contributed by atoms with Crippen molar-refractivity contribution in [2.24, 2.45) is 0 Å². The lowest BCUT2D eigenvalue weighted by molar-refractivity contribution is 0.241.